The molecular weight excluding hydrogens is 370 g/mol. The minimum Gasteiger partial charge on any atom is -0.335 e. The van der Waals surface area contributed by atoms with E-state index in [0.29, 0.717) is 9.47 Å². The van der Waals surface area contributed by atoms with Crippen LogP contribution in [-0.2, 0) is 4.79 Å². The Balaban J connectivity index is 1.47. The van der Waals surface area contributed by atoms with E-state index in [-0.39, 0.29) is 11.9 Å². The molecule has 1 fully saturated rings. The van der Waals surface area contributed by atoms with Gasteiger partial charge in [-0.3, -0.25) is 10.1 Å². The molecule has 3 N–H and O–H groups in total. The second-order valence-electron chi connectivity index (χ2n) is 6.07. The highest BCUT2D eigenvalue weighted by Gasteiger charge is 2.22. The van der Waals surface area contributed by atoms with Crippen molar-refractivity contribution in [2.75, 3.05) is 5.32 Å². The Bertz CT molecular complexity index is 747. The lowest BCUT2D eigenvalue weighted by Gasteiger charge is -2.14. The Kier molecular flexibility index (Phi) is 6.45. The molecule has 1 aromatic carbocycles. The van der Waals surface area contributed by atoms with E-state index in [1.807, 2.05) is 30.3 Å². The number of aromatic nitrogens is 2. The summed E-state index contributed by atoms with van der Waals surface area (Å²) >= 11 is 2.65. The number of anilines is 2. The van der Waals surface area contributed by atoms with E-state index in [1.54, 1.807) is 6.92 Å². The Morgan fingerprint density at radius 2 is 1.92 bits per heavy atom. The molecule has 3 rings (SSSR count). The number of hydrogen-bond acceptors (Lipinski definition) is 7. The summed E-state index contributed by atoms with van der Waals surface area (Å²) in [6, 6.07) is 9.44. The molecule has 0 spiro atoms. The molecule has 9 heteroatoms. The minimum atomic E-state index is -0.443. The van der Waals surface area contributed by atoms with Gasteiger partial charge in [-0.15, -0.1) is 10.2 Å². The van der Waals surface area contributed by atoms with E-state index in [2.05, 4.69) is 26.1 Å². The zero-order valence-corrected chi connectivity index (χ0v) is 16.0. The Morgan fingerprint density at radius 1 is 1.19 bits per heavy atom. The SMILES string of the molecule is C[C@H](Sc1nnc(Nc2ccccc2)s1)C(=O)NC(=O)NC1CCCC1. The van der Waals surface area contributed by atoms with Crippen LogP contribution in [0.2, 0.25) is 0 Å². The van der Waals surface area contributed by atoms with Crippen LogP contribution in [-0.4, -0.2) is 33.4 Å². The maximum absolute atomic E-state index is 12.2. The van der Waals surface area contributed by atoms with Gasteiger partial charge in [-0.2, -0.15) is 0 Å². The van der Waals surface area contributed by atoms with E-state index < -0.39 is 11.3 Å². The van der Waals surface area contributed by atoms with Crippen LogP contribution in [0, 0.1) is 0 Å². The molecule has 1 saturated carbocycles. The van der Waals surface area contributed by atoms with Crippen molar-refractivity contribution in [3.8, 4) is 0 Å². The highest BCUT2D eigenvalue weighted by atomic mass is 32.2. The number of rotatable bonds is 6. The minimum absolute atomic E-state index is 0.181. The topological polar surface area (TPSA) is 96.0 Å². The smallest absolute Gasteiger partial charge is 0.321 e. The number of nitrogens with zero attached hydrogens (tertiary/aromatic N) is 2. The number of urea groups is 1. The largest absolute Gasteiger partial charge is 0.335 e. The summed E-state index contributed by atoms with van der Waals surface area (Å²) in [6.45, 7) is 1.74. The molecule has 1 heterocycles. The van der Waals surface area contributed by atoms with Crippen molar-refractivity contribution in [2.24, 2.45) is 0 Å². The molecule has 7 nitrogen and oxygen atoms in total. The summed E-state index contributed by atoms with van der Waals surface area (Å²) in [5, 5.41) is 16.8. The highest BCUT2D eigenvalue weighted by molar-refractivity contribution is 8.02. The number of para-hydroxylation sites is 1. The molecule has 26 heavy (non-hydrogen) atoms. The van der Waals surface area contributed by atoms with Crippen LogP contribution in [0.4, 0.5) is 15.6 Å². The summed E-state index contributed by atoms with van der Waals surface area (Å²) in [6.07, 6.45) is 4.21. The summed E-state index contributed by atoms with van der Waals surface area (Å²) in [5.41, 5.74) is 0.926. The Labute approximate surface area is 160 Å². The third-order valence-corrected chi connectivity index (χ3v) is 6.03. The number of thioether (sulfide) groups is 1. The molecule has 0 unspecified atom stereocenters. The fourth-order valence-corrected chi connectivity index (χ4v) is 4.58. The zero-order chi connectivity index (χ0) is 18.4. The van der Waals surface area contributed by atoms with Gasteiger partial charge < -0.3 is 10.6 Å². The van der Waals surface area contributed by atoms with Crippen LogP contribution in [0.5, 0.6) is 0 Å². The van der Waals surface area contributed by atoms with Crippen molar-refractivity contribution in [1.29, 1.82) is 0 Å². The second-order valence-corrected chi connectivity index (χ2v) is 8.63. The number of amides is 3. The quantitative estimate of drug-likeness (QED) is 0.652. The Morgan fingerprint density at radius 3 is 2.65 bits per heavy atom. The van der Waals surface area contributed by atoms with E-state index in [4.69, 9.17) is 0 Å². The first-order valence-electron chi connectivity index (χ1n) is 8.54. The number of nitrogens with one attached hydrogen (secondary N) is 3. The first kappa shape index (κ1) is 18.7. The molecular formula is C17H21N5O2S2. The average Bonchev–Trinajstić information content (AvgIpc) is 3.28. The molecule has 138 valence electrons. The second kappa shape index (κ2) is 9.00. The van der Waals surface area contributed by atoms with Crippen molar-refractivity contribution in [2.45, 2.75) is 48.2 Å². The lowest BCUT2D eigenvalue weighted by Crippen LogP contribution is -2.45. The standard InChI is InChI=1S/C17H21N5O2S2/c1-11(14(23)20-15(24)18-12-9-5-6-10-12)25-17-22-21-16(26-17)19-13-7-3-2-4-8-13/h2-4,7-8,11-12H,5-6,9-10H2,1H3,(H,19,21)(H2,18,20,23,24)/t11-/m0/s1. The molecule has 1 aromatic heterocycles. The van der Waals surface area contributed by atoms with Gasteiger partial charge in [-0.1, -0.05) is 54.1 Å². The summed E-state index contributed by atoms with van der Waals surface area (Å²) < 4.78 is 0.669. The molecule has 1 aliphatic carbocycles. The van der Waals surface area contributed by atoms with Crippen LogP contribution < -0.4 is 16.0 Å². The van der Waals surface area contributed by atoms with Crippen molar-refractivity contribution in [3.05, 3.63) is 30.3 Å². The van der Waals surface area contributed by atoms with Gasteiger partial charge in [-0.05, 0) is 31.9 Å². The third kappa shape index (κ3) is 5.43. The number of carbonyl (C=O) groups excluding carboxylic acids is 2. The molecule has 0 bridgehead atoms. The number of hydrogen-bond donors (Lipinski definition) is 3. The summed E-state index contributed by atoms with van der Waals surface area (Å²) in [5.74, 6) is -0.335. The zero-order valence-electron chi connectivity index (χ0n) is 14.4. The van der Waals surface area contributed by atoms with E-state index in [0.717, 1.165) is 31.4 Å². The van der Waals surface area contributed by atoms with E-state index in [1.165, 1.54) is 23.1 Å². The molecule has 0 saturated heterocycles. The van der Waals surface area contributed by atoms with Crippen molar-refractivity contribution < 1.29 is 9.59 Å². The highest BCUT2D eigenvalue weighted by Crippen LogP contribution is 2.30. The molecule has 0 aliphatic heterocycles. The van der Waals surface area contributed by atoms with Gasteiger partial charge in [0.2, 0.25) is 11.0 Å². The molecule has 1 atom stereocenters. The Hall–Kier alpha value is -2.13. The van der Waals surface area contributed by atoms with E-state index in [9.17, 15) is 9.59 Å². The van der Waals surface area contributed by atoms with Gasteiger partial charge >= 0.3 is 6.03 Å². The lowest BCUT2D eigenvalue weighted by molar-refractivity contribution is -0.119. The van der Waals surface area contributed by atoms with Crippen LogP contribution in [0.15, 0.2) is 34.7 Å². The fraction of sp³-hybridized carbons (Fsp3) is 0.412. The van der Waals surface area contributed by atoms with Crippen LogP contribution in [0.25, 0.3) is 0 Å². The third-order valence-electron chi connectivity index (χ3n) is 4.01. The van der Waals surface area contributed by atoms with Crippen molar-refractivity contribution in [1.82, 2.24) is 20.8 Å². The van der Waals surface area contributed by atoms with Crippen LogP contribution in [0.1, 0.15) is 32.6 Å². The van der Waals surface area contributed by atoms with Crippen LogP contribution >= 0.6 is 23.1 Å². The first-order valence-corrected chi connectivity index (χ1v) is 10.2. The molecule has 3 amide bonds. The molecule has 2 aromatic rings. The number of benzene rings is 1. The first-order chi connectivity index (χ1) is 12.6. The van der Waals surface area contributed by atoms with Gasteiger partial charge in [0.15, 0.2) is 4.34 Å². The van der Waals surface area contributed by atoms with Gasteiger partial charge in [0.05, 0.1) is 5.25 Å². The molecule has 1 aliphatic rings. The fourth-order valence-electron chi connectivity index (χ4n) is 2.66. The number of carbonyl (C=O) groups is 2. The number of imide groups is 1. The van der Waals surface area contributed by atoms with Gasteiger partial charge in [0, 0.05) is 11.7 Å². The van der Waals surface area contributed by atoms with Gasteiger partial charge in [0.1, 0.15) is 0 Å². The maximum Gasteiger partial charge on any atom is 0.321 e. The van der Waals surface area contributed by atoms with Gasteiger partial charge in [0.25, 0.3) is 0 Å². The lowest BCUT2D eigenvalue weighted by atomic mass is 10.2. The maximum atomic E-state index is 12.2. The van der Waals surface area contributed by atoms with Crippen molar-refractivity contribution >= 4 is 45.9 Å². The monoisotopic (exact) mass is 391 g/mol. The normalized spacial score (nSPS) is 15.4. The van der Waals surface area contributed by atoms with Gasteiger partial charge in [-0.25, -0.2) is 4.79 Å². The van der Waals surface area contributed by atoms with E-state index >= 15 is 0 Å². The summed E-state index contributed by atoms with van der Waals surface area (Å²) in [7, 11) is 0. The predicted octanol–water partition coefficient (Wildman–Crippen LogP) is 3.53. The summed E-state index contributed by atoms with van der Waals surface area (Å²) in [4.78, 5) is 24.1. The predicted molar refractivity (Wildman–Crippen MR) is 104 cm³/mol. The van der Waals surface area contributed by atoms with Crippen LogP contribution in [0.3, 0.4) is 0 Å². The van der Waals surface area contributed by atoms with Crippen molar-refractivity contribution in [3.63, 3.8) is 0 Å². The molecule has 0 radical (unpaired) electrons. The average molecular weight is 392 g/mol.